The Bertz CT molecular complexity index is 392. The van der Waals surface area contributed by atoms with Crippen LogP contribution < -0.4 is 5.73 Å². The van der Waals surface area contributed by atoms with E-state index in [4.69, 9.17) is 5.73 Å². The standard InChI is InChI=1S/C15H22FN/c1-3-12-6-8-15(17,9-7-12)14-10-13(16)5-4-11(14)2/h4-5,10,12H,3,6-9,17H2,1-2H3. The van der Waals surface area contributed by atoms with E-state index in [1.165, 1.54) is 25.3 Å². The maximum Gasteiger partial charge on any atom is 0.123 e. The number of nitrogens with two attached hydrogens (primary N) is 1. The minimum atomic E-state index is -0.308. The maximum atomic E-state index is 13.4. The van der Waals surface area contributed by atoms with E-state index in [0.29, 0.717) is 0 Å². The zero-order chi connectivity index (χ0) is 12.5. The summed E-state index contributed by atoms with van der Waals surface area (Å²) < 4.78 is 13.4. The quantitative estimate of drug-likeness (QED) is 0.827. The molecule has 0 spiro atoms. The van der Waals surface area contributed by atoms with Crippen LogP contribution in [0.2, 0.25) is 0 Å². The summed E-state index contributed by atoms with van der Waals surface area (Å²) in [7, 11) is 0. The molecule has 1 aromatic carbocycles. The van der Waals surface area contributed by atoms with Crippen molar-refractivity contribution in [3.05, 3.63) is 35.1 Å². The molecule has 1 saturated carbocycles. The molecule has 0 atom stereocenters. The Labute approximate surface area is 103 Å². The van der Waals surface area contributed by atoms with Gasteiger partial charge in [-0.15, -0.1) is 0 Å². The molecule has 0 amide bonds. The van der Waals surface area contributed by atoms with Crippen LogP contribution in [0.25, 0.3) is 0 Å². The van der Waals surface area contributed by atoms with Gasteiger partial charge in [0.2, 0.25) is 0 Å². The van der Waals surface area contributed by atoms with Crippen LogP contribution in [0, 0.1) is 18.7 Å². The summed E-state index contributed by atoms with van der Waals surface area (Å²) in [4.78, 5) is 0. The Morgan fingerprint density at radius 3 is 2.59 bits per heavy atom. The van der Waals surface area contributed by atoms with Crippen LogP contribution in [0.15, 0.2) is 18.2 Å². The Kier molecular flexibility index (Phi) is 3.53. The molecule has 1 aromatic rings. The molecule has 2 N–H and O–H groups in total. The fourth-order valence-corrected chi connectivity index (χ4v) is 3.00. The Hall–Kier alpha value is -0.890. The molecule has 0 heterocycles. The van der Waals surface area contributed by atoms with E-state index in [0.717, 1.165) is 29.9 Å². The van der Waals surface area contributed by atoms with Gasteiger partial charge in [-0.3, -0.25) is 0 Å². The highest BCUT2D eigenvalue weighted by molar-refractivity contribution is 5.33. The lowest BCUT2D eigenvalue weighted by Crippen LogP contribution is -2.41. The van der Waals surface area contributed by atoms with E-state index in [1.54, 1.807) is 6.07 Å². The van der Waals surface area contributed by atoms with Crippen LogP contribution in [0.1, 0.15) is 50.2 Å². The Balaban J connectivity index is 2.24. The van der Waals surface area contributed by atoms with Gasteiger partial charge in [-0.05, 0) is 61.8 Å². The summed E-state index contributed by atoms with van der Waals surface area (Å²) in [5, 5.41) is 0. The third-order valence-corrected chi connectivity index (χ3v) is 4.31. The van der Waals surface area contributed by atoms with Gasteiger partial charge in [-0.1, -0.05) is 19.4 Å². The summed E-state index contributed by atoms with van der Waals surface area (Å²) in [6.45, 7) is 4.26. The second kappa shape index (κ2) is 4.77. The minimum absolute atomic E-state index is 0.173. The smallest absolute Gasteiger partial charge is 0.123 e. The SMILES string of the molecule is CCC1CCC(N)(c2cc(F)ccc2C)CC1. The number of aryl methyl sites for hydroxylation is 1. The molecule has 0 unspecified atom stereocenters. The highest BCUT2D eigenvalue weighted by atomic mass is 19.1. The molecule has 17 heavy (non-hydrogen) atoms. The second-order valence-corrected chi connectivity index (χ2v) is 5.47. The number of halogens is 1. The van der Waals surface area contributed by atoms with Gasteiger partial charge in [0.25, 0.3) is 0 Å². The molecule has 1 fully saturated rings. The highest BCUT2D eigenvalue weighted by Crippen LogP contribution is 2.39. The van der Waals surface area contributed by atoms with E-state index in [9.17, 15) is 4.39 Å². The average molecular weight is 235 g/mol. The lowest BCUT2D eigenvalue weighted by Gasteiger charge is -2.38. The van der Waals surface area contributed by atoms with Gasteiger partial charge in [-0.25, -0.2) is 4.39 Å². The van der Waals surface area contributed by atoms with Gasteiger partial charge in [0, 0.05) is 5.54 Å². The summed E-state index contributed by atoms with van der Waals surface area (Å²) in [5.41, 5.74) is 8.31. The van der Waals surface area contributed by atoms with E-state index < -0.39 is 0 Å². The molecular weight excluding hydrogens is 213 g/mol. The molecule has 0 aromatic heterocycles. The van der Waals surface area contributed by atoms with Crippen molar-refractivity contribution in [2.75, 3.05) is 0 Å². The first-order chi connectivity index (χ1) is 8.05. The zero-order valence-corrected chi connectivity index (χ0v) is 10.8. The lowest BCUT2D eigenvalue weighted by molar-refractivity contribution is 0.230. The highest BCUT2D eigenvalue weighted by Gasteiger charge is 2.33. The van der Waals surface area contributed by atoms with Gasteiger partial charge in [0.15, 0.2) is 0 Å². The summed E-state index contributed by atoms with van der Waals surface area (Å²) >= 11 is 0. The van der Waals surface area contributed by atoms with Crippen LogP contribution in [0.5, 0.6) is 0 Å². The van der Waals surface area contributed by atoms with Gasteiger partial charge >= 0.3 is 0 Å². The molecule has 1 nitrogen and oxygen atoms in total. The zero-order valence-electron chi connectivity index (χ0n) is 10.8. The average Bonchev–Trinajstić information content (AvgIpc) is 2.33. The summed E-state index contributed by atoms with van der Waals surface area (Å²) in [5.74, 6) is 0.633. The van der Waals surface area contributed by atoms with E-state index >= 15 is 0 Å². The second-order valence-electron chi connectivity index (χ2n) is 5.47. The molecule has 0 bridgehead atoms. The van der Waals surface area contributed by atoms with Crippen molar-refractivity contribution in [3.8, 4) is 0 Å². The van der Waals surface area contributed by atoms with Crippen LogP contribution >= 0.6 is 0 Å². The van der Waals surface area contributed by atoms with Crippen LogP contribution in [0.4, 0.5) is 4.39 Å². The molecule has 2 heteroatoms. The molecule has 1 aliphatic carbocycles. The van der Waals surface area contributed by atoms with E-state index in [1.807, 2.05) is 13.0 Å². The van der Waals surface area contributed by atoms with Gasteiger partial charge in [-0.2, -0.15) is 0 Å². The molecule has 2 rings (SSSR count). The van der Waals surface area contributed by atoms with Crippen molar-refractivity contribution in [2.24, 2.45) is 11.7 Å². The first-order valence-electron chi connectivity index (χ1n) is 6.60. The molecule has 0 aliphatic heterocycles. The van der Waals surface area contributed by atoms with Crippen LogP contribution in [0.3, 0.4) is 0 Å². The molecule has 0 saturated heterocycles. The molecule has 1 aliphatic rings. The third-order valence-electron chi connectivity index (χ3n) is 4.31. The Morgan fingerprint density at radius 1 is 1.35 bits per heavy atom. The van der Waals surface area contributed by atoms with Gasteiger partial charge < -0.3 is 5.73 Å². The number of rotatable bonds is 2. The first-order valence-corrected chi connectivity index (χ1v) is 6.60. The predicted octanol–water partition coefficient (Wildman–Crippen LogP) is 3.89. The van der Waals surface area contributed by atoms with Gasteiger partial charge in [0.05, 0.1) is 0 Å². The van der Waals surface area contributed by atoms with Crippen molar-refractivity contribution in [1.29, 1.82) is 0 Å². The topological polar surface area (TPSA) is 26.0 Å². The fraction of sp³-hybridized carbons (Fsp3) is 0.600. The van der Waals surface area contributed by atoms with Crippen molar-refractivity contribution < 1.29 is 4.39 Å². The fourth-order valence-electron chi connectivity index (χ4n) is 3.00. The van der Waals surface area contributed by atoms with E-state index in [-0.39, 0.29) is 11.4 Å². The summed E-state index contributed by atoms with van der Waals surface area (Å²) in [6, 6.07) is 4.98. The normalized spacial score (nSPS) is 29.3. The third kappa shape index (κ3) is 2.52. The van der Waals surface area contributed by atoms with E-state index in [2.05, 4.69) is 6.92 Å². The molecule has 94 valence electrons. The van der Waals surface area contributed by atoms with Crippen LogP contribution in [-0.4, -0.2) is 0 Å². The van der Waals surface area contributed by atoms with Gasteiger partial charge in [0.1, 0.15) is 5.82 Å². The number of hydrogen-bond donors (Lipinski definition) is 1. The summed E-state index contributed by atoms with van der Waals surface area (Å²) in [6.07, 6.45) is 5.54. The molecular formula is C15H22FN. The van der Waals surface area contributed by atoms with Crippen molar-refractivity contribution in [3.63, 3.8) is 0 Å². The first kappa shape index (κ1) is 12.6. The van der Waals surface area contributed by atoms with Crippen molar-refractivity contribution >= 4 is 0 Å². The Morgan fingerprint density at radius 2 is 2.00 bits per heavy atom. The largest absolute Gasteiger partial charge is 0.321 e. The maximum absolute atomic E-state index is 13.4. The number of benzene rings is 1. The monoisotopic (exact) mass is 235 g/mol. The van der Waals surface area contributed by atoms with Crippen LogP contribution in [-0.2, 0) is 5.54 Å². The lowest BCUT2D eigenvalue weighted by atomic mass is 9.72. The molecule has 0 radical (unpaired) electrons. The number of hydrogen-bond acceptors (Lipinski definition) is 1. The minimum Gasteiger partial charge on any atom is -0.321 e. The predicted molar refractivity (Wildman–Crippen MR) is 69.3 cm³/mol. The van der Waals surface area contributed by atoms with Crippen molar-refractivity contribution in [2.45, 2.75) is 51.5 Å². The van der Waals surface area contributed by atoms with Crippen molar-refractivity contribution in [1.82, 2.24) is 0 Å².